The average molecular weight is 385 g/mol. The lowest BCUT2D eigenvalue weighted by molar-refractivity contribution is -0.118. The third-order valence-corrected chi connectivity index (χ3v) is 4.07. The summed E-state index contributed by atoms with van der Waals surface area (Å²) in [6.45, 7) is 0.341. The maximum absolute atomic E-state index is 13.5. The van der Waals surface area contributed by atoms with Crippen molar-refractivity contribution in [3.8, 4) is 5.75 Å². The van der Waals surface area contributed by atoms with Crippen molar-refractivity contribution >= 4 is 28.9 Å². The van der Waals surface area contributed by atoms with Gasteiger partial charge in [-0.25, -0.2) is 4.39 Å². The number of anilines is 2. The van der Waals surface area contributed by atoms with E-state index < -0.39 is 11.7 Å². The first-order chi connectivity index (χ1) is 13.1. The smallest absolute Gasteiger partial charge is 0.262 e. The molecule has 138 valence electrons. The Hall–Kier alpha value is -3.05. The van der Waals surface area contributed by atoms with Crippen LogP contribution in [0.25, 0.3) is 0 Å². The highest BCUT2D eigenvalue weighted by Crippen LogP contribution is 2.26. The molecule has 0 saturated heterocycles. The first-order valence-corrected chi connectivity index (χ1v) is 8.74. The minimum Gasteiger partial charge on any atom is -0.482 e. The van der Waals surface area contributed by atoms with Gasteiger partial charge in [-0.2, -0.15) is 0 Å². The molecular formula is C21H18ClFN2O2. The van der Waals surface area contributed by atoms with Gasteiger partial charge in [-0.15, -0.1) is 0 Å². The number of para-hydroxylation sites is 2. The summed E-state index contributed by atoms with van der Waals surface area (Å²) in [6.07, 6.45) is 0. The number of nitrogens with one attached hydrogen (secondary N) is 2. The van der Waals surface area contributed by atoms with Gasteiger partial charge in [0.2, 0.25) is 0 Å². The number of carbonyl (C=O) groups is 1. The molecule has 0 spiro atoms. The number of benzene rings is 3. The summed E-state index contributed by atoms with van der Waals surface area (Å²) >= 11 is 6.24. The highest BCUT2D eigenvalue weighted by atomic mass is 35.5. The Morgan fingerprint density at radius 1 is 1.00 bits per heavy atom. The second-order valence-electron chi connectivity index (χ2n) is 5.80. The summed E-state index contributed by atoms with van der Waals surface area (Å²) in [5.74, 6) is -0.575. The highest BCUT2D eigenvalue weighted by molar-refractivity contribution is 6.32. The summed E-state index contributed by atoms with van der Waals surface area (Å²) in [6, 6.07) is 21.1. The molecule has 6 heteroatoms. The molecule has 0 unspecified atom stereocenters. The van der Waals surface area contributed by atoms with Crippen LogP contribution in [-0.4, -0.2) is 12.5 Å². The Morgan fingerprint density at radius 2 is 1.74 bits per heavy atom. The van der Waals surface area contributed by atoms with Gasteiger partial charge in [0.25, 0.3) is 5.91 Å². The van der Waals surface area contributed by atoms with E-state index in [0.717, 1.165) is 11.3 Å². The van der Waals surface area contributed by atoms with Crippen molar-refractivity contribution in [2.24, 2.45) is 0 Å². The van der Waals surface area contributed by atoms with Crippen LogP contribution in [0.2, 0.25) is 5.02 Å². The Labute approximate surface area is 161 Å². The second kappa shape index (κ2) is 9.05. The summed E-state index contributed by atoms with van der Waals surface area (Å²) < 4.78 is 19.0. The molecule has 0 aliphatic heterocycles. The SMILES string of the molecule is O=C(COc1ccc(CNc2ccccc2)cc1Cl)Nc1ccccc1F. The van der Waals surface area contributed by atoms with Crippen molar-refractivity contribution in [3.63, 3.8) is 0 Å². The van der Waals surface area contributed by atoms with Gasteiger partial charge >= 0.3 is 0 Å². The molecule has 0 atom stereocenters. The number of rotatable bonds is 7. The van der Waals surface area contributed by atoms with Crippen LogP contribution in [0, 0.1) is 5.82 Å². The van der Waals surface area contributed by atoms with Gasteiger partial charge in [-0.3, -0.25) is 4.79 Å². The molecule has 1 amide bonds. The van der Waals surface area contributed by atoms with Gasteiger partial charge in [0.1, 0.15) is 11.6 Å². The van der Waals surface area contributed by atoms with Gasteiger partial charge in [0.15, 0.2) is 6.61 Å². The van der Waals surface area contributed by atoms with Crippen LogP contribution < -0.4 is 15.4 Å². The van der Waals surface area contributed by atoms with Gasteiger partial charge < -0.3 is 15.4 Å². The predicted octanol–water partition coefficient (Wildman–Crippen LogP) is 5.11. The van der Waals surface area contributed by atoms with E-state index in [1.54, 1.807) is 24.3 Å². The second-order valence-corrected chi connectivity index (χ2v) is 6.21. The van der Waals surface area contributed by atoms with Crippen molar-refractivity contribution < 1.29 is 13.9 Å². The van der Waals surface area contributed by atoms with E-state index >= 15 is 0 Å². The monoisotopic (exact) mass is 384 g/mol. The molecule has 3 aromatic rings. The molecule has 0 saturated carbocycles. The van der Waals surface area contributed by atoms with E-state index in [4.69, 9.17) is 16.3 Å². The molecule has 0 aliphatic carbocycles. The highest BCUT2D eigenvalue weighted by Gasteiger charge is 2.09. The van der Waals surface area contributed by atoms with Gasteiger partial charge in [0, 0.05) is 12.2 Å². The third kappa shape index (κ3) is 5.46. The minimum atomic E-state index is -0.501. The molecule has 4 nitrogen and oxygen atoms in total. The van der Waals surface area contributed by atoms with Crippen LogP contribution in [0.1, 0.15) is 5.56 Å². The number of carbonyl (C=O) groups excluding carboxylic acids is 1. The van der Waals surface area contributed by atoms with Gasteiger partial charge in [0.05, 0.1) is 10.7 Å². The number of halogens is 2. The number of hydrogen-bond donors (Lipinski definition) is 2. The number of hydrogen-bond acceptors (Lipinski definition) is 3. The van der Waals surface area contributed by atoms with Crippen molar-refractivity contribution in [1.29, 1.82) is 0 Å². The van der Waals surface area contributed by atoms with Gasteiger partial charge in [-0.05, 0) is 42.0 Å². The van der Waals surface area contributed by atoms with Crippen LogP contribution in [-0.2, 0) is 11.3 Å². The average Bonchev–Trinajstić information content (AvgIpc) is 2.68. The topological polar surface area (TPSA) is 50.4 Å². The maximum Gasteiger partial charge on any atom is 0.262 e. The summed E-state index contributed by atoms with van der Waals surface area (Å²) in [7, 11) is 0. The van der Waals surface area contributed by atoms with E-state index in [1.807, 2.05) is 36.4 Å². The van der Waals surface area contributed by atoms with Crippen molar-refractivity contribution in [2.75, 3.05) is 17.2 Å². The zero-order chi connectivity index (χ0) is 19.1. The van der Waals surface area contributed by atoms with E-state index in [-0.39, 0.29) is 12.3 Å². The largest absolute Gasteiger partial charge is 0.482 e. The fraction of sp³-hybridized carbons (Fsp3) is 0.0952. The first-order valence-electron chi connectivity index (χ1n) is 8.36. The standard InChI is InChI=1S/C21H18ClFN2O2/c22-17-12-15(13-24-16-6-2-1-3-7-16)10-11-20(17)27-14-21(26)25-19-9-5-4-8-18(19)23/h1-12,24H,13-14H2,(H,25,26). The lowest BCUT2D eigenvalue weighted by Gasteiger charge is -2.11. The lowest BCUT2D eigenvalue weighted by Crippen LogP contribution is -2.20. The maximum atomic E-state index is 13.5. The Balaban J connectivity index is 1.53. The molecule has 0 aromatic heterocycles. The quantitative estimate of drug-likeness (QED) is 0.595. The zero-order valence-corrected chi connectivity index (χ0v) is 15.2. The Bertz CT molecular complexity index is 919. The van der Waals surface area contributed by atoms with E-state index in [1.165, 1.54) is 12.1 Å². The molecule has 0 radical (unpaired) electrons. The van der Waals surface area contributed by atoms with Crippen molar-refractivity contribution in [3.05, 3.63) is 89.2 Å². The minimum absolute atomic E-state index is 0.111. The van der Waals surface area contributed by atoms with Gasteiger partial charge in [-0.1, -0.05) is 48.0 Å². The fourth-order valence-corrected chi connectivity index (χ4v) is 2.68. The first kappa shape index (κ1) is 18.7. The summed E-state index contributed by atoms with van der Waals surface area (Å²) in [4.78, 5) is 11.9. The summed E-state index contributed by atoms with van der Waals surface area (Å²) in [5, 5.41) is 6.15. The van der Waals surface area contributed by atoms with E-state index in [0.29, 0.717) is 17.3 Å². The predicted molar refractivity (Wildman–Crippen MR) is 106 cm³/mol. The molecule has 2 N–H and O–H groups in total. The third-order valence-electron chi connectivity index (χ3n) is 3.77. The Morgan fingerprint density at radius 3 is 2.48 bits per heavy atom. The van der Waals surface area contributed by atoms with Crippen LogP contribution >= 0.6 is 11.6 Å². The normalized spacial score (nSPS) is 10.3. The number of ether oxygens (including phenoxy) is 1. The molecule has 0 heterocycles. The Kier molecular flexibility index (Phi) is 6.28. The van der Waals surface area contributed by atoms with Crippen LogP contribution in [0.3, 0.4) is 0 Å². The molecule has 3 rings (SSSR count). The molecule has 0 bridgehead atoms. The van der Waals surface area contributed by atoms with Crippen LogP contribution in [0.15, 0.2) is 72.8 Å². The molecule has 27 heavy (non-hydrogen) atoms. The van der Waals surface area contributed by atoms with Crippen LogP contribution in [0.5, 0.6) is 5.75 Å². The summed E-state index contributed by atoms with van der Waals surface area (Å²) in [5.41, 5.74) is 2.10. The van der Waals surface area contributed by atoms with E-state index in [2.05, 4.69) is 10.6 Å². The zero-order valence-electron chi connectivity index (χ0n) is 14.4. The molecular weight excluding hydrogens is 367 g/mol. The molecule has 3 aromatic carbocycles. The molecule has 0 aliphatic rings. The van der Waals surface area contributed by atoms with Crippen LogP contribution in [0.4, 0.5) is 15.8 Å². The van der Waals surface area contributed by atoms with E-state index in [9.17, 15) is 9.18 Å². The fourth-order valence-electron chi connectivity index (χ4n) is 2.42. The van der Waals surface area contributed by atoms with Crippen molar-refractivity contribution in [2.45, 2.75) is 6.54 Å². The van der Waals surface area contributed by atoms with Crippen molar-refractivity contribution in [1.82, 2.24) is 0 Å². The molecule has 0 fully saturated rings. The number of amides is 1. The lowest BCUT2D eigenvalue weighted by atomic mass is 10.2.